The third-order valence-corrected chi connectivity index (χ3v) is 3.30. The highest BCUT2D eigenvalue weighted by atomic mass is 16.3. The van der Waals surface area contributed by atoms with Crippen molar-refractivity contribution in [2.24, 2.45) is 0 Å². The van der Waals surface area contributed by atoms with E-state index in [1.54, 1.807) is 0 Å². The molecule has 17 heavy (non-hydrogen) atoms. The molecule has 0 bridgehead atoms. The van der Waals surface area contributed by atoms with E-state index >= 15 is 0 Å². The maximum absolute atomic E-state index is 9.73. The fourth-order valence-electron chi connectivity index (χ4n) is 2.37. The summed E-state index contributed by atoms with van der Waals surface area (Å²) in [5.41, 5.74) is 1.19. The van der Waals surface area contributed by atoms with Crippen LogP contribution in [0.25, 0.3) is 0 Å². The molecule has 0 amide bonds. The lowest BCUT2D eigenvalue weighted by Crippen LogP contribution is -2.59. The third kappa shape index (κ3) is 3.04. The first-order chi connectivity index (χ1) is 8.20. The number of benzene rings is 1. The second-order valence-corrected chi connectivity index (χ2v) is 4.64. The molecule has 2 rings (SSSR count). The van der Waals surface area contributed by atoms with Crippen molar-refractivity contribution in [3.05, 3.63) is 35.9 Å². The van der Waals surface area contributed by atoms with Crippen molar-refractivity contribution >= 4 is 0 Å². The van der Waals surface area contributed by atoms with Crippen molar-refractivity contribution in [1.29, 1.82) is 0 Å². The van der Waals surface area contributed by atoms with E-state index in [9.17, 15) is 10.2 Å². The molecule has 4 atom stereocenters. The Labute approximate surface area is 101 Å². The number of hydrogen-bond donors (Lipinski definition) is 4. The fourth-order valence-corrected chi connectivity index (χ4v) is 2.37. The standard InChI is InChI=1S/C13H19NO3/c15-8-11-13(17)12(16)7-10(14-11)6-9-4-2-1-3-5-9/h1-5,10-17H,6-8H2/t10-,11-,12-,13-/m1/s1. The summed E-state index contributed by atoms with van der Waals surface area (Å²) < 4.78 is 0. The smallest absolute Gasteiger partial charge is 0.0974 e. The van der Waals surface area contributed by atoms with Crippen LogP contribution in [0.5, 0.6) is 0 Å². The monoisotopic (exact) mass is 237 g/mol. The predicted molar refractivity (Wildman–Crippen MR) is 64.6 cm³/mol. The maximum atomic E-state index is 9.73. The topological polar surface area (TPSA) is 72.7 Å². The van der Waals surface area contributed by atoms with E-state index in [1.807, 2.05) is 30.3 Å². The lowest BCUT2D eigenvalue weighted by atomic mass is 9.90. The molecule has 0 saturated carbocycles. The largest absolute Gasteiger partial charge is 0.395 e. The summed E-state index contributed by atoms with van der Waals surface area (Å²) in [5.74, 6) is 0. The molecule has 1 aliphatic rings. The molecule has 0 spiro atoms. The van der Waals surface area contributed by atoms with Crippen LogP contribution in [0, 0.1) is 0 Å². The van der Waals surface area contributed by atoms with Gasteiger partial charge in [-0.2, -0.15) is 0 Å². The molecule has 1 aromatic carbocycles. The molecule has 0 aromatic heterocycles. The Kier molecular flexibility index (Phi) is 4.12. The Balaban J connectivity index is 1.98. The molecule has 4 heteroatoms. The van der Waals surface area contributed by atoms with Gasteiger partial charge in [-0.1, -0.05) is 30.3 Å². The highest BCUT2D eigenvalue weighted by molar-refractivity contribution is 5.16. The van der Waals surface area contributed by atoms with Crippen molar-refractivity contribution in [3.8, 4) is 0 Å². The Hall–Kier alpha value is -0.940. The normalized spacial score (nSPS) is 33.6. The lowest BCUT2D eigenvalue weighted by molar-refractivity contribution is -0.0508. The van der Waals surface area contributed by atoms with Crippen molar-refractivity contribution in [1.82, 2.24) is 5.32 Å². The van der Waals surface area contributed by atoms with Crippen molar-refractivity contribution in [2.75, 3.05) is 6.61 Å². The van der Waals surface area contributed by atoms with Crippen LogP contribution in [-0.2, 0) is 6.42 Å². The van der Waals surface area contributed by atoms with Gasteiger partial charge in [0.25, 0.3) is 0 Å². The van der Waals surface area contributed by atoms with Gasteiger partial charge in [-0.25, -0.2) is 0 Å². The summed E-state index contributed by atoms with van der Waals surface area (Å²) in [6.45, 7) is -0.163. The molecule has 4 nitrogen and oxygen atoms in total. The second kappa shape index (κ2) is 5.60. The molecule has 94 valence electrons. The van der Waals surface area contributed by atoms with Crippen LogP contribution in [0.2, 0.25) is 0 Å². The van der Waals surface area contributed by atoms with Gasteiger partial charge in [0.1, 0.15) is 0 Å². The van der Waals surface area contributed by atoms with E-state index < -0.39 is 18.2 Å². The first-order valence-electron chi connectivity index (χ1n) is 5.97. The van der Waals surface area contributed by atoms with Crippen LogP contribution < -0.4 is 5.32 Å². The van der Waals surface area contributed by atoms with E-state index in [-0.39, 0.29) is 12.6 Å². The van der Waals surface area contributed by atoms with Gasteiger partial charge in [-0.05, 0) is 18.4 Å². The minimum absolute atomic E-state index is 0.0907. The molecular weight excluding hydrogens is 218 g/mol. The van der Waals surface area contributed by atoms with Crippen molar-refractivity contribution < 1.29 is 15.3 Å². The summed E-state index contributed by atoms with van der Waals surface area (Å²) in [7, 11) is 0. The molecule has 0 aliphatic carbocycles. The fraction of sp³-hybridized carbons (Fsp3) is 0.538. The number of rotatable bonds is 3. The summed E-state index contributed by atoms with van der Waals surface area (Å²) in [6.07, 6.45) is -0.345. The van der Waals surface area contributed by atoms with Crippen LogP contribution >= 0.6 is 0 Å². The lowest BCUT2D eigenvalue weighted by Gasteiger charge is -2.37. The molecule has 1 aromatic rings. The van der Waals surface area contributed by atoms with Gasteiger partial charge in [0, 0.05) is 6.04 Å². The van der Waals surface area contributed by atoms with E-state index in [2.05, 4.69) is 5.32 Å². The zero-order valence-electron chi connectivity index (χ0n) is 9.66. The highest BCUT2D eigenvalue weighted by Gasteiger charge is 2.34. The van der Waals surface area contributed by atoms with Gasteiger partial charge < -0.3 is 20.6 Å². The third-order valence-electron chi connectivity index (χ3n) is 3.30. The summed E-state index contributed by atoms with van der Waals surface area (Å²) in [6, 6.07) is 9.65. The van der Waals surface area contributed by atoms with Gasteiger partial charge in [0.05, 0.1) is 24.9 Å². The highest BCUT2D eigenvalue weighted by Crippen LogP contribution is 2.17. The van der Waals surface area contributed by atoms with Crippen LogP contribution in [0.3, 0.4) is 0 Å². The Bertz CT molecular complexity index is 344. The molecule has 0 radical (unpaired) electrons. The predicted octanol–water partition coefficient (Wildman–Crippen LogP) is -0.326. The molecule has 1 saturated heterocycles. The SMILES string of the molecule is OC[C@H]1N[C@H](Cc2ccccc2)C[C@@H](O)[C@@H]1O. The van der Waals surface area contributed by atoms with E-state index in [4.69, 9.17) is 5.11 Å². The van der Waals surface area contributed by atoms with E-state index in [1.165, 1.54) is 5.56 Å². The average molecular weight is 237 g/mol. The van der Waals surface area contributed by atoms with Crippen LogP contribution in [0.1, 0.15) is 12.0 Å². The van der Waals surface area contributed by atoms with E-state index in [0.717, 1.165) is 6.42 Å². The Morgan fingerprint density at radius 1 is 1.18 bits per heavy atom. The Morgan fingerprint density at radius 3 is 2.53 bits per heavy atom. The molecule has 0 unspecified atom stereocenters. The van der Waals surface area contributed by atoms with Crippen molar-refractivity contribution in [3.63, 3.8) is 0 Å². The molecule has 1 fully saturated rings. The maximum Gasteiger partial charge on any atom is 0.0974 e. The first-order valence-corrected chi connectivity index (χ1v) is 5.97. The number of nitrogens with one attached hydrogen (secondary N) is 1. The molecular formula is C13H19NO3. The summed E-state index contributed by atoms with van der Waals surface area (Å²) in [4.78, 5) is 0. The van der Waals surface area contributed by atoms with Gasteiger partial charge >= 0.3 is 0 Å². The number of aliphatic hydroxyl groups excluding tert-OH is 3. The number of aliphatic hydroxyl groups is 3. The summed E-state index contributed by atoms with van der Waals surface area (Å²) >= 11 is 0. The Morgan fingerprint density at radius 2 is 1.88 bits per heavy atom. The quantitative estimate of drug-likeness (QED) is 0.581. The zero-order valence-corrected chi connectivity index (χ0v) is 9.66. The van der Waals surface area contributed by atoms with Crippen LogP contribution in [-0.4, -0.2) is 46.2 Å². The number of piperidine rings is 1. The molecule has 4 N–H and O–H groups in total. The van der Waals surface area contributed by atoms with Gasteiger partial charge in [-0.15, -0.1) is 0 Å². The van der Waals surface area contributed by atoms with Gasteiger partial charge in [0.15, 0.2) is 0 Å². The van der Waals surface area contributed by atoms with E-state index in [0.29, 0.717) is 6.42 Å². The van der Waals surface area contributed by atoms with Gasteiger partial charge in [0.2, 0.25) is 0 Å². The minimum atomic E-state index is -0.882. The van der Waals surface area contributed by atoms with Gasteiger partial charge in [-0.3, -0.25) is 0 Å². The average Bonchev–Trinajstić information content (AvgIpc) is 2.35. The molecule has 1 heterocycles. The number of hydrogen-bond acceptors (Lipinski definition) is 4. The minimum Gasteiger partial charge on any atom is -0.395 e. The second-order valence-electron chi connectivity index (χ2n) is 4.64. The van der Waals surface area contributed by atoms with Crippen LogP contribution in [0.15, 0.2) is 30.3 Å². The first kappa shape index (κ1) is 12.5. The van der Waals surface area contributed by atoms with Crippen LogP contribution in [0.4, 0.5) is 0 Å². The zero-order chi connectivity index (χ0) is 12.3. The summed E-state index contributed by atoms with van der Waals surface area (Å²) in [5, 5.41) is 31.7. The molecule has 1 aliphatic heterocycles. The van der Waals surface area contributed by atoms with Crippen molar-refractivity contribution in [2.45, 2.75) is 37.1 Å².